The summed E-state index contributed by atoms with van der Waals surface area (Å²) in [4.78, 5) is 22.6. The van der Waals surface area contributed by atoms with E-state index < -0.39 is 0 Å². The Morgan fingerprint density at radius 1 is 1.03 bits per heavy atom. The van der Waals surface area contributed by atoms with Gasteiger partial charge in [-0.2, -0.15) is 9.61 Å². The van der Waals surface area contributed by atoms with E-state index in [0.717, 1.165) is 76.4 Å². The molecule has 33 heavy (non-hydrogen) atoms. The zero-order valence-corrected chi connectivity index (χ0v) is 19.3. The number of aryl methyl sites for hydroxylation is 1. The number of amides is 1. The Labute approximate surface area is 194 Å². The minimum atomic E-state index is 0.0826. The highest BCUT2D eigenvalue weighted by Gasteiger charge is 2.39. The van der Waals surface area contributed by atoms with Gasteiger partial charge in [0.1, 0.15) is 5.82 Å². The highest BCUT2D eigenvalue weighted by molar-refractivity contribution is 5.82. The molecule has 0 aliphatic carbocycles. The molecule has 1 aromatic carbocycles. The number of rotatable bonds is 3. The molecule has 2 saturated heterocycles. The minimum absolute atomic E-state index is 0.0826. The van der Waals surface area contributed by atoms with Crippen LogP contribution in [0.15, 0.2) is 36.5 Å². The molecule has 2 aromatic heterocycles. The van der Waals surface area contributed by atoms with Crippen LogP contribution < -0.4 is 10.2 Å². The van der Waals surface area contributed by atoms with E-state index in [4.69, 9.17) is 4.98 Å². The molecule has 0 bridgehead atoms. The van der Waals surface area contributed by atoms with Crippen LogP contribution in [0.1, 0.15) is 41.1 Å². The topological polar surface area (TPSA) is 65.8 Å². The number of carbonyl (C=O) groups excluding carboxylic acids is 1. The van der Waals surface area contributed by atoms with Crippen LogP contribution in [0.4, 0.5) is 5.82 Å². The van der Waals surface area contributed by atoms with Crippen molar-refractivity contribution in [3.63, 3.8) is 0 Å². The Morgan fingerprint density at radius 2 is 1.79 bits per heavy atom. The second-order valence-corrected chi connectivity index (χ2v) is 9.82. The number of hydrogen-bond acceptors (Lipinski definition) is 5. The normalized spacial score (nSPS) is 19.9. The molecule has 0 radical (unpaired) electrons. The Bertz CT molecular complexity index is 1160. The number of piperidine rings is 1. The molecule has 0 saturated carbocycles. The van der Waals surface area contributed by atoms with Crippen LogP contribution in [0.25, 0.3) is 5.65 Å². The molecule has 2 fully saturated rings. The number of benzene rings is 1. The van der Waals surface area contributed by atoms with Crippen molar-refractivity contribution in [1.82, 2.24) is 24.8 Å². The summed E-state index contributed by atoms with van der Waals surface area (Å²) in [5, 5.41) is 8.04. The lowest BCUT2D eigenvalue weighted by Gasteiger charge is -2.44. The van der Waals surface area contributed by atoms with E-state index in [1.165, 1.54) is 22.4 Å². The number of nitrogens with one attached hydrogen (secondary N) is 1. The molecular weight excluding hydrogens is 412 g/mol. The van der Waals surface area contributed by atoms with Crippen molar-refractivity contribution in [1.29, 1.82) is 0 Å². The number of fused-ring (bicyclic) bond motifs is 2. The van der Waals surface area contributed by atoms with Gasteiger partial charge in [0.2, 0.25) is 5.91 Å². The second kappa shape index (κ2) is 8.45. The Hall–Kier alpha value is -2.93. The Kier molecular flexibility index (Phi) is 5.29. The average Bonchev–Trinajstić information content (AvgIpc) is 3.15. The van der Waals surface area contributed by atoms with Gasteiger partial charge in [-0.1, -0.05) is 29.8 Å². The average molecular weight is 445 g/mol. The molecule has 6 rings (SSSR count). The molecule has 0 atom stereocenters. The molecule has 3 aliphatic rings. The van der Waals surface area contributed by atoms with Gasteiger partial charge in [0.05, 0.1) is 17.8 Å². The van der Waals surface area contributed by atoms with Crippen molar-refractivity contribution < 1.29 is 4.79 Å². The SMILES string of the molecule is Cc1ccc(C2CCN(C(=O)C3CN(c4c5c(nc6ccnn46)CCNCC5)C3)CC2)cc1. The predicted octanol–water partition coefficient (Wildman–Crippen LogP) is 2.57. The number of hydrogen-bond donors (Lipinski definition) is 1. The predicted molar refractivity (Wildman–Crippen MR) is 129 cm³/mol. The third-order valence-corrected chi connectivity index (χ3v) is 7.67. The molecule has 0 spiro atoms. The molecule has 3 aliphatic heterocycles. The standard InChI is InChI=1S/C26H32N6O/c1-18-2-4-19(5-3-18)20-9-14-30(15-10-20)26(33)21-16-31(17-21)25-22-6-11-27-12-7-23(22)29-24-8-13-28-32(24)25/h2-5,8,13,20-21,27H,6-7,9-12,14-17H2,1H3. The number of carbonyl (C=O) groups is 1. The number of anilines is 1. The second-order valence-electron chi connectivity index (χ2n) is 9.82. The smallest absolute Gasteiger partial charge is 0.229 e. The summed E-state index contributed by atoms with van der Waals surface area (Å²) in [5.41, 5.74) is 6.09. The van der Waals surface area contributed by atoms with Crippen molar-refractivity contribution in [2.75, 3.05) is 44.2 Å². The highest BCUT2D eigenvalue weighted by Crippen LogP contribution is 2.34. The van der Waals surface area contributed by atoms with Gasteiger partial charge < -0.3 is 15.1 Å². The van der Waals surface area contributed by atoms with Crippen LogP contribution in [0.5, 0.6) is 0 Å². The first kappa shape index (κ1) is 20.7. The van der Waals surface area contributed by atoms with Crippen LogP contribution in [-0.4, -0.2) is 64.7 Å². The molecule has 1 amide bonds. The van der Waals surface area contributed by atoms with E-state index in [0.29, 0.717) is 11.8 Å². The summed E-state index contributed by atoms with van der Waals surface area (Å²) in [6.07, 6.45) is 5.84. The molecule has 3 aromatic rings. The molecule has 172 valence electrons. The van der Waals surface area contributed by atoms with Crippen molar-refractivity contribution in [2.24, 2.45) is 5.92 Å². The summed E-state index contributed by atoms with van der Waals surface area (Å²) in [6.45, 7) is 7.33. The van der Waals surface area contributed by atoms with Crippen LogP contribution in [0, 0.1) is 12.8 Å². The first-order chi connectivity index (χ1) is 16.2. The van der Waals surface area contributed by atoms with E-state index in [9.17, 15) is 4.79 Å². The lowest BCUT2D eigenvalue weighted by Crippen LogP contribution is -2.56. The van der Waals surface area contributed by atoms with Crippen LogP contribution in [0.3, 0.4) is 0 Å². The van der Waals surface area contributed by atoms with Gasteiger partial charge in [0.15, 0.2) is 5.65 Å². The van der Waals surface area contributed by atoms with Crippen molar-refractivity contribution >= 4 is 17.4 Å². The fraction of sp³-hybridized carbons (Fsp3) is 0.500. The third-order valence-electron chi connectivity index (χ3n) is 7.67. The summed E-state index contributed by atoms with van der Waals surface area (Å²) < 4.78 is 1.97. The van der Waals surface area contributed by atoms with Crippen LogP contribution >= 0.6 is 0 Å². The highest BCUT2D eigenvalue weighted by atomic mass is 16.2. The molecule has 7 nitrogen and oxygen atoms in total. The monoisotopic (exact) mass is 444 g/mol. The third kappa shape index (κ3) is 3.78. The number of likely N-dealkylation sites (tertiary alicyclic amines) is 1. The van der Waals surface area contributed by atoms with Gasteiger partial charge in [-0.05, 0) is 44.2 Å². The Morgan fingerprint density at radius 3 is 2.58 bits per heavy atom. The molecule has 1 N–H and O–H groups in total. The lowest BCUT2D eigenvalue weighted by molar-refractivity contribution is -0.137. The van der Waals surface area contributed by atoms with E-state index in [-0.39, 0.29) is 5.92 Å². The van der Waals surface area contributed by atoms with Crippen molar-refractivity contribution in [2.45, 2.75) is 38.5 Å². The first-order valence-electron chi connectivity index (χ1n) is 12.3. The van der Waals surface area contributed by atoms with Gasteiger partial charge in [-0.3, -0.25) is 4.79 Å². The van der Waals surface area contributed by atoms with Crippen LogP contribution in [-0.2, 0) is 17.6 Å². The van der Waals surface area contributed by atoms with Crippen molar-refractivity contribution in [3.05, 3.63) is 58.9 Å². The largest absolute Gasteiger partial charge is 0.354 e. The number of nitrogens with zero attached hydrogens (tertiary/aromatic N) is 5. The zero-order chi connectivity index (χ0) is 22.4. The van der Waals surface area contributed by atoms with Gasteiger partial charge in [-0.25, -0.2) is 4.98 Å². The maximum atomic E-state index is 13.3. The van der Waals surface area contributed by atoms with Gasteiger partial charge >= 0.3 is 0 Å². The summed E-state index contributed by atoms with van der Waals surface area (Å²) >= 11 is 0. The van der Waals surface area contributed by atoms with E-state index in [1.807, 2.05) is 16.8 Å². The van der Waals surface area contributed by atoms with E-state index >= 15 is 0 Å². The molecular formula is C26H32N6O. The molecule has 5 heterocycles. The lowest BCUT2D eigenvalue weighted by atomic mass is 9.88. The molecule has 7 heteroatoms. The van der Waals surface area contributed by atoms with Gasteiger partial charge in [0.25, 0.3) is 0 Å². The summed E-state index contributed by atoms with van der Waals surface area (Å²) in [6, 6.07) is 10.9. The number of aromatic nitrogens is 3. The fourth-order valence-corrected chi connectivity index (χ4v) is 5.68. The maximum Gasteiger partial charge on any atom is 0.229 e. The van der Waals surface area contributed by atoms with Gasteiger partial charge in [0, 0.05) is 50.8 Å². The van der Waals surface area contributed by atoms with Crippen LogP contribution in [0.2, 0.25) is 0 Å². The fourth-order valence-electron chi connectivity index (χ4n) is 5.68. The zero-order valence-electron chi connectivity index (χ0n) is 19.3. The summed E-state index contributed by atoms with van der Waals surface area (Å²) in [7, 11) is 0. The molecule has 0 unspecified atom stereocenters. The minimum Gasteiger partial charge on any atom is -0.354 e. The van der Waals surface area contributed by atoms with E-state index in [2.05, 4.69) is 51.4 Å². The summed E-state index contributed by atoms with van der Waals surface area (Å²) in [5.74, 6) is 2.12. The van der Waals surface area contributed by atoms with E-state index in [1.54, 1.807) is 0 Å². The quantitative estimate of drug-likeness (QED) is 0.673. The maximum absolute atomic E-state index is 13.3. The first-order valence-corrected chi connectivity index (χ1v) is 12.3. The van der Waals surface area contributed by atoms with Crippen molar-refractivity contribution in [3.8, 4) is 0 Å². The van der Waals surface area contributed by atoms with Gasteiger partial charge in [-0.15, -0.1) is 0 Å². The Balaban J connectivity index is 1.13.